The summed E-state index contributed by atoms with van der Waals surface area (Å²) < 4.78 is 0. The molecule has 0 aromatic heterocycles. The van der Waals surface area contributed by atoms with Gasteiger partial charge in [0.05, 0.1) is 11.7 Å². The van der Waals surface area contributed by atoms with Crippen molar-refractivity contribution >= 4 is 11.6 Å². The zero-order valence-electron chi connectivity index (χ0n) is 16.0. The summed E-state index contributed by atoms with van der Waals surface area (Å²) in [6, 6.07) is 21.2. The SMILES string of the molecule is CC1=CC(=O)C(N2CCN(C(c3ccccc3)c3ccccc3)CC2)=CC1=O. The molecule has 1 aliphatic carbocycles. The molecule has 0 atom stereocenters. The Kier molecular flexibility index (Phi) is 5.22. The van der Waals surface area contributed by atoms with Gasteiger partial charge in [-0.2, -0.15) is 0 Å². The van der Waals surface area contributed by atoms with Crippen molar-refractivity contribution in [1.82, 2.24) is 9.80 Å². The van der Waals surface area contributed by atoms with Crippen LogP contribution >= 0.6 is 0 Å². The van der Waals surface area contributed by atoms with E-state index in [4.69, 9.17) is 0 Å². The molecule has 0 bridgehead atoms. The average molecular weight is 372 g/mol. The van der Waals surface area contributed by atoms with Gasteiger partial charge < -0.3 is 4.90 Å². The van der Waals surface area contributed by atoms with Crippen LogP contribution in [0.3, 0.4) is 0 Å². The fraction of sp³-hybridized carbons (Fsp3) is 0.250. The van der Waals surface area contributed by atoms with E-state index in [1.54, 1.807) is 6.92 Å². The van der Waals surface area contributed by atoms with E-state index in [0.29, 0.717) is 11.3 Å². The average Bonchev–Trinajstić information content (AvgIpc) is 2.73. The molecule has 142 valence electrons. The highest BCUT2D eigenvalue weighted by molar-refractivity contribution is 6.19. The molecule has 4 heteroatoms. The third-order valence-electron chi connectivity index (χ3n) is 5.51. The van der Waals surface area contributed by atoms with Crippen LogP contribution in [0.4, 0.5) is 0 Å². The third kappa shape index (κ3) is 3.69. The standard InChI is InChI=1S/C24H24N2O2/c1-18-16-23(28)21(17-22(18)27)25-12-14-26(15-13-25)24(19-8-4-2-5-9-19)20-10-6-3-7-11-20/h2-11,16-17,24H,12-15H2,1H3. The number of carbonyl (C=O) groups excluding carboxylic acids is 2. The molecular formula is C24H24N2O2. The number of benzene rings is 2. The van der Waals surface area contributed by atoms with E-state index in [1.165, 1.54) is 23.3 Å². The minimum atomic E-state index is -0.0662. The predicted molar refractivity (Wildman–Crippen MR) is 110 cm³/mol. The largest absolute Gasteiger partial charge is 0.366 e. The van der Waals surface area contributed by atoms with E-state index < -0.39 is 0 Å². The molecule has 1 aliphatic heterocycles. The predicted octanol–water partition coefficient (Wildman–Crippen LogP) is 3.38. The summed E-state index contributed by atoms with van der Waals surface area (Å²) in [5.41, 5.74) is 3.58. The molecular weight excluding hydrogens is 348 g/mol. The number of nitrogens with zero attached hydrogens (tertiary/aromatic N) is 2. The van der Waals surface area contributed by atoms with Gasteiger partial charge in [-0.25, -0.2) is 0 Å². The first-order chi connectivity index (χ1) is 13.6. The van der Waals surface area contributed by atoms with Crippen LogP contribution in [0.15, 0.2) is 84.1 Å². The molecule has 1 heterocycles. The number of hydrogen-bond acceptors (Lipinski definition) is 4. The Morgan fingerprint density at radius 2 is 1.25 bits per heavy atom. The number of hydrogen-bond donors (Lipinski definition) is 0. The lowest BCUT2D eigenvalue weighted by molar-refractivity contribution is -0.116. The molecule has 4 nitrogen and oxygen atoms in total. The summed E-state index contributed by atoms with van der Waals surface area (Å²) in [5.74, 6) is -0.128. The number of carbonyl (C=O) groups is 2. The fourth-order valence-electron chi connectivity index (χ4n) is 4.00. The lowest BCUT2D eigenvalue weighted by Crippen LogP contribution is -2.48. The Morgan fingerprint density at radius 1 is 0.714 bits per heavy atom. The second kappa shape index (κ2) is 7.95. The normalized spacial score (nSPS) is 18.3. The van der Waals surface area contributed by atoms with Crippen molar-refractivity contribution in [3.8, 4) is 0 Å². The molecule has 1 fully saturated rings. The molecule has 2 aromatic carbocycles. The number of ketones is 2. The lowest BCUT2D eigenvalue weighted by atomic mass is 9.96. The first-order valence-electron chi connectivity index (χ1n) is 9.71. The van der Waals surface area contributed by atoms with Gasteiger partial charge in [0.15, 0.2) is 5.78 Å². The summed E-state index contributed by atoms with van der Waals surface area (Å²) in [7, 11) is 0. The zero-order valence-corrected chi connectivity index (χ0v) is 16.0. The number of piperazine rings is 1. The van der Waals surface area contributed by atoms with Crippen molar-refractivity contribution in [3.05, 3.63) is 95.2 Å². The van der Waals surface area contributed by atoms with Crippen molar-refractivity contribution in [2.75, 3.05) is 26.2 Å². The summed E-state index contributed by atoms with van der Waals surface area (Å²) in [6.07, 6.45) is 2.96. The molecule has 4 rings (SSSR count). The van der Waals surface area contributed by atoms with Crippen molar-refractivity contribution in [2.45, 2.75) is 13.0 Å². The highest BCUT2D eigenvalue weighted by Gasteiger charge is 2.29. The Morgan fingerprint density at radius 3 is 1.79 bits per heavy atom. The minimum Gasteiger partial charge on any atom is -0.366 e. The van der Waals surface area contributed by atoms with Crippen LogP contribution in [0.2, 0.25) is 0 Å². The van der Waals surface area contributed by atoms with Gasteiger partial charge in [0.1, 0.15) is 0 Å². The van der Waals surface area contributed by atoms with E-state index in [9.17, 15) is 9.59 Å². The quantitative estimate of drug-likeness (QED) is 0.772. The number of rotatable bonds is 4. The van der Waals surface area contributed by atoms with Crippen LogP contribution in [-0.2, 0) is 9.59 Å². The molecule has 2 aliphatic rings. The van der Waals surface area contributed by atoms with Crippen molar-refractivity contribution in [3.63, 3.8) is 0 Å². The molecule has 0 spiro atoms. The van der Waals surface area contributed by atoms with Crippen LogP contribution in [0.5, 0.6) is 0 Å². The van der Waals surface area contributed by atoms with Gasteiger partial charge in [-0.3, -0.25) is 14.5 Å². The summed E-state index contributed by atoms with van der Waals surface area (Å²) in [4.78, 5) is 28.9. The van der Waals surface area contributed by atoms with Crippen LogP contribution < -0.4 is 0 Å². The van der Waals surface area contributed by atoms with Gasteiger partial charge >= 0.3 is 0 Å². The Balaban J connectivity index is 1.53. The Labute approximate surface area is 165 Å². The van der Waals surface area contributed by atoms with Gasteiger partial charge in [0, 0.05) is 37.8 Å². The third-order valence-corrected chi connectivity index (χ3v) is 5.51. The van der Waals surface area contributed by atoms with Crippen LogP contribution in [0.25, 0.3) is 0 Å². The monoisotopic (exact) mass is 372 g/mol. The van der Waals surface area contributed by atoms with Crippen LogP contribution in [0, 0.1) is 0 Å². The molecule has 0 saturated carbocycles. The van der Waals surface area contributed by atoms with E-state index in [-0.39, 0.29) is 17.6 Å². The van der Waals surface area contributed by atoms with E-state index in [0.717, 1.165) is 26.2 Å². The first-order valence-corrected chi connectivity index (χ1v) is 9.71. The van der Waals surface area contributed by atoms with Crippen molar-refractivity contribution < 1.29 is 9.59 Å². The van der Waals surface area contributed by atoms with Gasteiger partial charge in [-0.1, -0.05) is 60.7 Å². The maximum absolute atomic E-state index is 12.4. The summed E-state index contributed by atoms with van der Waals surface area (Å²) in [6.45, 7) is 4.81. The van der Waals surface area contributed by atoms with E-state index in [1.807, 2.05) is 17.0 Å². The van der Waals surface area contributed by atoms with E-state index >= 15 is 0 Å². The molecule has 28 heavy (non-hydrogen) atoms. The molecule has 1 saturated heterocycles. The van der Waals surface area contributed by atoms with E-state index in [2.05, 4.69) is 53.4 Å². The molecule has 2 aromatic rings. The highest BCUT2D eigenvalue weighted by atomic mass is 16.1. The zero-order chi connectivity index (χ0) is 19.5. The maximum Gasteiger partial charge on any atom is 0.202 e. The van der Waals surface area contributed by atoms with Crippen LogP contribution in [0.1, 0.15) is 24.1 Å². The first kappa shape index (κ1) is 18.4. The Hall–Kier alpha value is -2.98. The second-order valence-electron chi connectivity index (χ2n) is 7.33. The molecule has 0 radical (unpaired) electrons. The van der Waals surface area contributed by atoms with Crippen molar-refractivity contribution in [1.29, 1.82) is 0 Å². The van der Waals surface area contributed by atoms with Crippen LogP contribution in [-0.4, -0.2) is 47.5 Å². The van der Waals surface area contributed by atoms with Gasteiger partial charge in [-0.05, 0) is 24.1 Å². The fourth-order valence-corrected chi connectivity index (χ4v) is 4.00. The molecule has 0 amide bonds. The van der Waals surface area contributed by atoms with Crippen molar-refractivity contribution in [2.24, 2.45) is 0 Å². The van der Waals surface area contributed by atoms with Gasteiger partial charge in [0.25, 0.3) is 0 Å². The number of allylic oxidation sites excluding steroid dienone is 3. The van der Waals surface area contributed by atoms with Gasteiger partial charge in [0.2, 0.25) is 5.78 Å². The lowest BCUT2D eigenvalue weighted by Gasteiger charge is -2.41. The molecule has 0 unspecified atom stereocenters. The Bertz CT molecular complexity index is 884. The topological polar surface area (TPSA) is 40.6 Å². The molecule has 0 N–H and O–H groups in total. The minimum absolute atomic E-state index is 0.0618. The second-order valence-corrected chi connectivity index (χ2v) is 7.33. The summed E-state index contributed by atoms with van der Waals surface area (Å²) in [5, 5.41) is 0. The smallest absolute Gasteiger partial charge is 0.202 e. The maximum atomic E-state index is 12.4. The summed E-state index contributed by atoms with van der Waals surface area (Å²) >= 11 is 0. The highest BCUT2D eigenvalue weighted by Crippen LogP contribution is 2.30. The van der Waals surface area contributed by atoms with Gasteiger partial charge in [-0.15, -0.1) is 0 Å².